The van der Waals surface area contributed by atoms with E-state index in [-0.39, 0.29) is 102 Å². The van der Waals surface area contributed by atoms with Crippen molar-refractivity contribution in [3.63, 3.8) is 0 Å². The van der Waals surface area contributed by atoms with Gasteiger partial charge in [-0.2, -0.15) is 0 Å². The molecule has 25 N–H and O–H groups in total. The zero-order chi connectivity index (χ0) is 82.3. The molecule has 2 heterocycles. The zero-order valence-electron chi connectivity index (χ0n) is 63.4. The summed E-state index contributed by atoms with van der Waals surface area (Å²) in [4.78, 5) is 195. The zero-order valence-corrected chi connectivity index (χ0v) is 63.4. The van der Waals surface area contributed by atoms with E-state index in [1.54, 1.807) is 92.8 Å². The topological polar surface area (TPSA) is 583 Å². The van der Waals surface area contributed by atoms with Gasteiger partial charge < -0.3 is 108 Å². The minimum atomic E-state index is -1.97. The number of nitrogens with one attached hydrogen (secondary N) is 11. The first kappa shape index (κ1) is 87.5. The van der Waals surface area contributed by atoms with E-state index >= 15 is 14.4 Å². The van der Waals surface area contributed by atoms with Crippen LogP contribution in [0.1, 0.15) is 107 Å². The molecule has 1 aliphatic heterocycles. The average molecular weight is 1560 g/mol. The van der Waals surface area contributed by atoms with Gasteiger partial charge in [-0.3, -0.25) is 72.3 Å². The van der Waals surface area contributed by atoms with E-state index < -0.39 is 163 Å². The van der Waals surface area contributed by atoms with Crippen LogP contribution >= 0.6 is 0 Å². The second-order valence-corrected chi connectivity index (χ2v) is 28.1. The van der Waals surface area contributed by atoms with Crippen molar-refractivity contribution in [2.75, 3.05) is 32.7 Å². The summed E-state index contributed by atoms with van der Waals surface area (Å²) in [5, 5.41) is 48.6. The van der Waals surface area contributed by atoms with Crippen molar-refractivity contribution in [2.45, 2.75) is 171 Å². The van der Waals surface area contributed by atoms with Gasteiger partial charge in [0.25, 0.3) is 0 Å². The monoisotopic (exact) mass is 1560 g/mol. The van der Waals surface area contributed by atoms with Gasteiger partial charge in [-0.1, -0.05) is 137 Å². The normalized spacial score (nSPS) is 14.8. The third kappa shape index (κ3) is 28.0. The highest BCUT2D eigenvalue weighted by Gasteiger charge is 2.39. The van der Waals surface area contributed by atoms with Gasteiger partial charge in [0.15, 0.2) is 11.9 Å². The molecule has 12 amide bonds. The maximum atomic E-state index is 15.3. The van der Waals surface area contributed by atoms with Crippen LogP contribution in [-0.2, 0) is 88.0 Å². The summed E-state index contributed by atoms with van der Waals surface area (Å²) in [5.41, 5.74) is 37.0. The Labute approximate surface area is 652 Å². The summed E-state index contributed by atoms with van der Waals surface area (Å²) >= 11 is 0. The van der Waals surface area contributed by atoms with Crippen molar-refractivity contribution >= 4 is 110 Å². The Bertz CT molecular complexity index is 4380. The molecule has 7 rings (SSSR count). The molecule has 1 fully saturated rings. The number of fused-ring (bicyclic) bond motifs is 2. The number of H-pyrrole nitrogens is 1. The molecular weight excluding hydrogens is 1460 g/mol. The highest BCUT2D eigenvalue weighted by molar-refractivity contribution is 6.00. The van der Waals surface area contributed by atoms with Gasteiger partial charge in [-0.05, 0) is 109 Å². The van der Waals surface area contributed by atoms with E-state index in [1.165, 1.54) is 17.0 Å². The second kappa shape index (κ2) is 43.6. The predicted octanol–water partition coefficient (Wildman–Crippen LogP) is -1.36. The lowest BCUT2D eigenvalue weighted by atomic mass is 9.99. The van der Waals surface area contributed by atoms with E-state index in [0.717, 1.165) is 10.8 Å². The Morgan fingerprint density at radius 3 is 1.62 bits per heavy atom. The number of phenolic OH excluding ortho intramolecular Hbond substituents is 1. The highest BCUT2D eigenvalue weighted by atomic mass is 16.4. The summed E-state index contributed by atoms with van der Waals surface area (Å²) in [7, 11) is 0. The number of hydrogen-bond acceptors (Lipinski definition) is 17. The molecule has 0 saturated carbocycles. The van der Waals surface area contributed by atoms with Crippen molar-refractivity contribution in [1.82, 2.24) is 63.1 Å². The van der Waals surface area contributed by atoms with Crippen molar-refractivity contribution < 1.29 is 72.5 Å². The number of carbonyl (C=O) groups excluding carboxylic acids is 12. The lowest BCUT2D eigenvalue weighted by molar-refractivity contribution is -0.141. The molecule has 113 heavy (non-hydrogen) atoms. The van der Waals surface area contributed by atoms with Crippen LogP contribution in [0.15, 0.2) is 138 Å². The number of aromatic hydroxyl groups is 1. The number of carboxylic acids is 1. The number of phenols is 1. The number of carbonyl (C=O) groups is 13. The number of para-hydroxylation sites is 1. The number of carboxylic acid groups (broad SMARTS) is 1. The van der Waals surface area contributed by atoms with Crippen LogP contribution in [0.5, 0.6) is 5.75 Å². The van der Waals surface area contributed by atoms with Crippen molar-refractivity contribution in [3.8, 4) is 5.75 Å². The molecule has 6 aromatic rings. The fourth-order valence-electron chi connectivity index (χ4n) is 12.9. The molecule has 0 bridgehead atoms. The van der Waals surface area contributed by atoms with Crippen LogP contribution in [0.2, 0.25) is 0 Å². The Morgan fingerprint density at radius 2 is 1.01 bits per heavy atom. The van der Waals surface area contributed by atoms with Gasteiger partial charge >= 0.3 is 5.97 Å². The fraction of sp³-hybridized carbons (Fsp3) is 0.423. The molecule has 1 aromatic heterocycles. The van der Waals surface area contributed by atoms with Gasteiger partial charge in [0.05, 0.1) is 25.6 Å². The molecule has 35 heteroatoms. The highest BCUT2D eigenvalue weighted by Crippen LogP contribution is 2.23. The van der Waals surface area contributed by atoms with E-state index in [1.807, 2.05) is 43.3 Å². The first-order valence-electron chi connectivity index (χ1n) is 37.5. The number of aromatic nitrogens is 1. The summed E-state index contributed by atoms with van der Waals surface area (Å²) in [6, 6.07) is 20.2. The smallest absolute Gasteiger partial charge is 0.305 e. The molecule has 1 aliphatic rings. The number of nitrogens with zero attached hydrogens (tertiary/aromatic N) is 3. The number of aliphatic carboxylic acids is 1. The third-order valence-electron chi connectivity index (χ3n) is 18.9. The van der Waals surface area contributed by atoms with Gasteiger partial charge in [0.1, 0.15) is 60.1 Å². The van der Waals surface area contributed by atoms with E-state index in [9.17, 15) is 58.2 Å². The summed E-state index contributed by atoms with van der Waals surface area (Å²) in [5.74, 6) is -12.8. The largest absolute Gasteiger partial charge is 0.508 e. The number of aromatic amines is 1. The second-order valence-electron chi connectivity index (χ2n) is 28.1. The standard InChI is InChI=1S/C78H104N20O15/c1-4-5-21-55(92-76(113)66(44(2)3)97-67(104)53(79)36-46-27-30-51(99)31-28-46)68(105)89-43-64(101)98-34-15-25-62(98)75(112)96-59(38-47-26-29-48-18-9-10-19-49(48)35-47)72(109)90-57(24-14-33-86-78(83)84)71(108)94-60(39-50-41-87-54-22-12-11-20-52(50)54)73(110)95-61(40-65(102)103)74(111)91-56(23-13-32-85-77(81)82)70(107)93-58(69(106)88-42-63(80)100)37-45-16-7-6-8-17-45/h6-12,16-20,22,26-31,35,41,44,53,55-62,66,87,99H,4-5,13-15,21,23-25,32-34,36-40,42-43,79H2,1-3H3,(H2,80,100)(H,88,106)(H,89,105)(H,90,109)(H,91,111)(H,92,113)(H,93,107)(H,94,108)(H,95,110)(H,96,112)(H,97,104)(H,102,103)(H4,81,82,85)(H4,83,84,86)/t53-,55-,56-,57-,58-,59+,60-,61-,62-,66-/m0/s1. The number of nitrogens with two attached hydrogens (primary N) is 6. The molecule has 35 nitrogen and oxygen atoms in total. The van der Waals surface area contributed by atoms with Crippen molar-refractivity contribution in [1.29, 1.82) is 0 Å². The van der Waals surface area contributed by atoms with Crippen LogP contribution in [0.4, 0.5) is 0 Å². The molecule has 0 aliphatic carbocycles. The number of primary amides is 1. The molecule has 0 unspecified atom stereocenters. The molecule has 0 radical (unpaired) electrons. The summed E-state index contributed by atoms with van der Waals surface area (Å²) < 4.78 is 0. The fourth-order valence-corrected chi connectivity index (χ4v) is 12.9. The van der Waals surface area contributed by atoms with Crippen LogP contribution in [0.25, 0.3) is 21.7 Å². The number of benzene rings is 5. The molecule has 10 atom stereocenters. The number of amides is 12. The average Bonchev–Trinajstić information content (AvgIpc) is 1.76. The minimum absolute atomic E-state index is 0.0288. The lowest BCUT2D eigenvalue weighted by Crippen LogP contribution is -2.61. The van der Waals surface area contributed by atoms with Crippen LogP contribution in [0, 0.1) is 5.92 Å². The number of likely N-dealkylation sites (tertiary alicyclic amines) is 1. The van der Waals surface area contributed by atoms with Crippen molar-refractivity contribution in [3.05, 3.63) is 150 Å². The molecular formula is C78H104N20O15. The third-order valence-corrected chi connectivity index (χ3v) is 18.9. The lowest BCUT2D eigenvalue weighted by Gasteiger charge is -2.29. The van der Waals surface area contributed by atoms with Gasteiger partial charge in [-0.25, -0.2) is 0 Å². The van der Waals surface area contributed by atoms with E-state index in [0.29, 0.717) is 52.4 Å². The Kier molecular flexibility index (Phi) is 33.8. The Hall–Kier alpha value is -12.7. The first-order chi connectivity index (χ1) is 54.0. The van der Waals surface area contributed by atoms with E-state index in [2.05, 4.69) is 68.1 Å². The number of guanidine groups is 2. The van der Waals surface area contributed by atoms with Gasteiger partial charge in [0.2, 0.25) is 70.9 Å². The quantitative estimate of drug-likeness (QED) is 0.0119. The SMILES string of the molecule is CCCC[C@H](NC(=O)[C@@H](NC(=O)[C@@H](N)Cc1ccc(O)cc1)C(C)C)C(=O)NCC(=O)N1CCC[C@H]1C(=O)N[C@H](Cc1ccc2ccccc2c1)C(=O)N[C@@H](CCCN=C(N)N)C(=O)N[C@@H](Cc1c[nH]c2ccccc12)C(=O)N[C@@H](CC(=O)O)C(=O)N[C@@H](CCCN=C(N)N)C(=O)N[C@@H](Cc1ccccc1)C(=O)NCC(N)=O. The van der Waals surface area contributed by atoms with Crippen LogP contribution < -0.4 is 87.6 Å². The number of unbranched alkanes of at least 4 members (excludes halogenated alkanes) is 1. The van der Waals surface area contributed by atoms with Crippen molar-refractivity contribution in [2.24, 2.45) is 50.3 Å². The number of hydrogen-bond donors (Lipinski definition) is 19. The van der Waals surface area contributed by atoms with Crippen LogP contribution in [-0.4, -0.2) is 202 Å². The molecule has 0 spiro atoms. The van der Waals surface area contributed by atoms with E-state index in [4.69, 9.17) is 34.4 Å². The molecule has 1 saturated heterocycles. The Balaban J connectivity index is 1.13. The minimum Gasteiger partial charge on any atom is -0.508 e. The molecule has 606 valence electrons. The number of aliphatic imine (C=N–C) groups is 2. The van der Waals surface area contributed by atoms with Gasteiger partial charge in [-0.15, -0.1) is 0 Å². The maximum absolute atomic E-state index is 15.3. The van der Waals surface area contributed by atoms with Gasteiger partial charge in [0, 0.05) is 56.0 Å². The maximum Gasteiger partial charge on any atom is 0.305 e. The number of rotatable bonds is 44. The Morgan fingerprint density at radius 1 is 0.513 bits per heavy atom. The van der Waals surface area contributed by atoms with Crippen LogP contribution in [0.3, 0.4) is 0 Å². The predicted molar refractivity (Wildman–Crippen MR) is 421 cm³/mol. The molecule has 5 aromatic carbocycles. The summed E-state index contributed by atoms with van der Waals surface area (Å²) in [6.45, 7) is 4.07. The first-order valence-corrected chi connectivity index (χ1v) is 37.5. The summed E-state index contributed by atoms with van der Waals surface area (Å²) in [6.07, 6.45) is 1.36.